The lowest BCUT2D eigenvalue weighted by Crippen LogP contribution is -2.41. The van der Waals surface area contributed by atoms with Crippen LogP contribution in [0, 0.1) is 22.7 Å². The van der Waals surface area contributed by atoms with Crippen LogP contribution in [0.15, 0.2) is 0 Å². The van der Waals surface area contributed by atoms with Crippen molar-refractivity contribution in [1.29, 1.82) is 5.26 Å². The summed E-state index contributed by atoms with van der Waals surface area (Å²) in [6.45, 7) is 4.54. The topological polar surface area (TPSA) is 44.1 Å². The van der Waals surface area contributed by atoms with Crippen molar-refractivity contribution in [2.45, 2.75) is 46.0 Å². The van der Waals surface area contributed by atoms with Gasteiger partial charge in [0.1, 0.15) is 6.54 Å². The molecule has 1 aliphatic carbocycles. The minimum atomic E-state index is -0.167. The highest BCUT2D eigenvalue weighted by Gasteiger charge is 2.42. The summed E-state index contributed by atoms with van der Waals surface area (Å²) < 4.78 is 0. The van der Waals surface area contributed by atoms with Gasteiger partial charge < -0.3 is 4.90 Å². The number of rotatable bonds is 4. The normalized spacial score (nSPS) is 18.4. The maximum Gasteiger partial charge on any atom is 0.229 e. The zero-order valence-corrected chi connectivity index (χ0v) is 10.6. The van der Waals surface area contributed by atoms with E-state index in [1.165, 1.54) is 0 Å². The second kappa shape index (κ2) is 5.34. The average Bonchev–Trinajstić information content (AvgIpc) is 2.65. The van der Waals surface area contributed by atoms with Crippen LogP contribution in [-0.4, -0.2) is 24.4 Å². The molecule has 0 aromatic carbocycles. The molecule has 1 saturated carbocycles. The van der Waals surface area contributed by atoms with Gasteiger partial charge in [0.05, 0.1) is 6.07 Å². The lowest BCUT2D eigenvalue weighted by molar-refractivity contribution is -0.141. The van der Waals surface area contributed by atoms with Crippen molar-refractivity contribution in [3.05, 3.63) is 0 Å². The summed E-state index contributed by atoms with van der Waals surface area (Å²) in [5.74, 6) is 0.720. The lowest BCUT2D eigenvalue weighted by Gasteiger charge is -2.32. The van der Waals surface area contributed by atoms with Crippen LogP contribution >= 0.6 is 0 Å². The van der Waals surface area contributed by atoms with Crippen molar-refractivity contribution in [1.82, 2.24) is 4.90 Å². The quantitative estimate of drug-likeness (QED) is 0.686. The van der Waals surface area contributed by atoms with E-state index in [2.05, 4.69) is 13.8 Å². The lowest BCUT2D eigenvalue weighted by atomic mass is 9.77. The summed E-state index contributed by atoms with van der Waals surface area (Å²) in [6, 6.07) is 2.05. The molecule has 0 heterocycles. The number of amides is 1. The van der Waals surface area contributed by atoms with E-state index in [0.29, 0.717) is 5.92 Å². The highest BCUT2D eigenvalue weighted by atomic mass is 16.2. The molecule has 0 atom stereocenters. The summed E-state index contributed by atoms with van der Waals surface area (Å²) in [4.78, 5) is 14.0. The Hall–Kier alpha value is -1.04. The molecular weight excluding hydrogens is 200 g/mol. The van der Waals surface area contributed by atoms with Gasteiger partial charge >= 0.3 is 0 Å². The second-order valence-corrected chi connectivity index (χ2v) is 5.40. The van der Waals surface area contributed by atoms with Gasteiger partial charge in [0.2, 0.25) is 5.91 Å². The molecule has 0 aromatic rings. The predicted molar refractivity (Wildman–Crippen MR) is 63.6 cm³/mol. The zero-order valence-electron chi connectivity index (χ0n) is 10.6. The van der Waals surface area contributed by atoms with E-state index in [9.17, 15) is 4.79 Å². The first kappa shape index (κ1) is 13.0. The Balaban J connectivity index is 2.77. The standard InChI is InChI=1S/C13H22N2O/c1-11(2)10-13(6-4-5-7-13)12(16)15(3)9-8-14/h11H,4-7,9-10H2,1-3H3. The van der Waals surface area contributed by atoms with Crippen LogP contribution in [0.1, 0.15) is 46.0 Å². The summed E-state index contributed by atoms with van der Waals surface area (Å²) in [7, 11) is 1.74. The predicted octanol–water partition coefficient (Wildman–Crippen LogP) is 2.57. The van der Waals surface area contributed by atoms with Crippen LogP contribution < -0.4 is 0 Å². The first-order valence-corrected chi connectivity index (χ1v) is 6.14. The summed E-state index contributed by atoms with van der Waals surface area (Å²) in [5, 5.41) is 8.65. The maximum atomic E-state index is 12.4. The van der Waals surface area contributed by atoms with Gasteiger partial charge in [-0.1, -0.05) is 26.7 Å². The summed E-state index contributed by atoms with van der Waals surface area (Å²) >= 11 is 0. The van der Waals surface area contributed by atoms with E-state index in [4.69, 9.17) is 5.26 Å². The average molecular weight is 222 g/mol. The van der Waals surface area contributed by atoms with E-state index in [1.807, 2.05) is 6.07 Å². The fourth-order valence-corrected chi connectivity index (χ4v) is 2.92. The number of nitrogens with zero attached hydrogens (tertiary/aromatic N) is 2. The van der Waals surface area contributed by atoms with Crippen molar-refractivity contribution < 1.29 is 4.79 Å². The SMILES string of the molecule is CC(C)CC1(C(=O)N(C)CC#N)CCCC1. The smallest absolute Gasteiger partial charge is 0.229 e. The Morgan fingerprint density at radius 2 is 2.00 bits per heavy atom. The number of hydrogen-bond acceptors (Lipinski definition) is 2. The van der Waals surface area contributed by atoms with E-state index in [0.717, 1.165) is 32.1 Å². The van der Waals surface area contributed by atoms with Gasteiger partial charge in [-0.25, -0.2) is 0 Å². The minimum absolute atomic E-state index is 0.167. The number of carbonyl (C=O) groups excluding carboxylic acids is 1. The van der Waals surface area contributed by atoms with Crippen LogP contribution in [0.4, 0.5) is 0 Å². The van der Waals surface area contributed by atoms with E-state index in [-0.39, 0.29) is 17.9 Å². The molecule has 0 unspecified atom stereocenters. The third-order valence-corrected chi connectivity index (χ3v) is 3.47. The highest BCUT2D eigenvalue weighted by molar-refractivity contribution is 5.83. The zero-order chi connectivity index (χ0) is 12.2. The fourth-order valence-electron chi connectivity index (χ4n) is 2.92. The van der Waals surface area contributed by atoms with E-state index < -0.39 is 0 Å². The third-order valence-electron chi connectivity index (χ3n) is 3.47. The molecule has 0 bridgehead atoms. The molecule has 0 radical (unpaired) electrons. The number of hydrogen-bond donors (Lipinski definition) is 0. The van der Waals surface area contributed by atoms with Crippen LogP contribution in [0.3, 0.4) is 0 Å². The van der Waals surface area contributed by atoms with Gasteiger partial charge in [-0.2, -0.15) is 5.26 Å². The molecular formula is C13H22N2O. The van der Waals surface area contributed by atoms with Crippen molar-refractivity contribution in [2.24, 2.45) is 11.3 Å². The van der Waals surface area contributed by atoms with E-state index in [1.54, 1.807) is 11.9 Å². The van der Waals surface area contributed by atoms with Crippen LogP contribution in [0.5, 0.6) is 0 Å². The van der Waals surface area contributed by atoms with Gasteiger partial charge in [-0.05, 0) is 25.2 Å². The Morgan fingerprint density at radius 3 is 2.44 bits per heavy atom. The van der Waals surface area contributed by atoms with Gasteiger partial charge in [0.25, 0.3) is 0 Å². The van der Waals surface area contributed by atoms with Crippen LogP contribution in [0.2, 0.25) is 0 Å². The third kappa shape index (κ3) is 2.75. The molecule has 3 heteroatoms. The molecule has 0 N–H and O–H groups in total. The minimum Gasteiger partial charge on any atom is -0.332 e. The molecule has 0 aliphatic heterocycles. The summed E-state index contributed by atoms with van der Waals surface area (Å²) in [5.41, 5.74) is -0.167. The van der Waals surface area contributed by atoms with Crippen molar-refractivity contribution in [2.75, 3.05) is 13.6 Å². The monoisotopic (exact) mass is 222 g/mol. The van der Waals surface area contributed by atoms with Gasteiger partial charge in [-0.15, -0.1) is 0 Å². The fraction of sp³-hybridized carbons (Fsp3) is 0.846. The molecule has 1 amide bonds. The van der Waals surface area contributed by atoms with Gasteiger partial charge in [0, 0.05) is 12.5 Å². The molecule has 90 valence electrons. The molecule has 1 fully saturated rings. The van der Waals surface area contributed by atoms with Crippen molar-refractivity contribution >= 4 is 5.91 Å². The summed E-state index contributed by atoms with van der Waals surface area (Å²) in [6.07, 6.45) is 5.26. The molecule has 16 heavy (non-hydrogen) atoms. The van der Waals surface area contributed by atoms with Crippen molar-refractivity contribution in [3.63, 3.8) is 0 Å². The molecule has 0 aromatic heterocycles. The molecule has 1 rings (SSSR count). The first-order valence-electron chi connectivity index (χ1n) is 6.14. The first-order chi connectivity index (χ1) is 7.52. The van der Waals surface area contributed by atoms with E-state index >= 15 is 0 Å². The Bertz CT molecular complexity index is 285. The highest BCUT2D eigenvalue weighted by Crippen LogP contribution is 2.44. The number of nitriles is 1. The Kier molecular flexibility index (Phi) is 4.35. The molecule has 0 spiro atoms. The van der Waals surface area contributed by atoms with Crippen LogP contribution in [-0.2, 0) is 4.79 Å². The molecule has 1 aliphatic rings. The second-order valence-electron chi connectivity index (χ2n) is 5.40. The maximum absolute atomic E-state index is 12.4. The number of carbonyl (C=O) groups is 1. The van der Waals surface area contributed by atoms with Gasteiger partial charge in [-0.3, -0.25) is 4.79 Å². The van der Waals surface area contributed by atoms with Gasteiger partial charge in [0.15, 0.2) is 0 Å². The molecule has 3 nitrogen and oxygen atoms in total. The molecule has 0 saturated heterocycles. The van der Waals surface area contributed by atoms with Crippen molar-refractivity contribution in [3.8, 4) is 6.07 Å². The Labute approximate surface area is 98.4 Å². The Morgan fingerprint density at radius 1 is 1.44 bits per heavy atom. The van der Waals surface area contributed by atoms with Crippen LogP contribution in [0.25, 0.3) is 0 Å². The largest absolute Gasteiger partial charge is 0.332 e.